The van der Waals surface area contributed by atoms with E-state index in [2.05, 4.69) is 6.92 Å². The van der Waals surface area contributed by atoms with E-state index in [1.54, 1.807) is 6.08 Å². The lowest BCUT2D eigenvalue weighted by molar-refractivity contribution is -0.131. The molecule has 0 saturated heterocycles. The SMILES string of the molecule is CCC1CCCCC1Oc1ccc(C)cc1C=CC(=O)O. The molecule has 0 bridgehead atoms. The summed E-state index contributed by atoms with van der Waals surface area (Å²) in [6, 6.07) is 5.94. The van der Waals surface area contributed by atoms with Gasteiger partial charge in [-0.2, -0.15) is 0 Å². The topological polar surface area (TPSA) is 46.5 Å². The van der Waals surface area contributed by atoms with Crippen molar-refractivity contribution >= 4 is 12.0 Å². The van der Waals surface area contributed by atoms with E-state index < -0.39 is 5.97 Å². The number of hydrogen-bond donors (Lipinski definition) is 1. The summed E-state index contributed by atoms with van der Waals surface area (Å²) < 4.78 is 6.23. The Bertz CT molecular complexity index is 519. The highest BCUT2D eigenvalue weighted by Gasteiger charge is 2.25. The van der Waals surface area contributed by atoms with Crippen molar-refractivity contribution in [2.45, 2.75) is 52.1 Å². The van der Waals surface area contributed by atoms with Crippen LogP contribution in [0.4, 0.5) is 0 Å². The Balaban J connectivity index is 2.20. The van der Waals surface area contributed by atoms with Crippen LogP contribution >= 0.6 is 0 Å². The molecule has 1 aliphatic rings. The van der Waals surface area contributed by atoms with E-state index >= 15 is 0 Å². The maximum absolute atomic E-state index is 10.7. The van der Waals surface area contributed by atoms with Gasteiger partial charge in [0.05, 0.1) is 0 Å². The second-order valence-corrected chi connectivity index (χ2v) is 5.82. The molecule has 2 atom stereocenters. The molecule has 0 spiro atoms. The summed E-state index contributed by atoms with van der Waals surface area (Å²) in [6.07, 6.45) is 9.00. The van der Waals surface area contributed by atoms with Crippen LogP contribution in [0.25, 0.3) is 6.08 Å². The second-order valence-electron chi connectivity index (χ2n) is 5.82. The van der Waals surface area contributed by atoms with Crippen LogP contribution in [0.5, 0.6) is 5.75 Å². The van der Waals surface area contributed by atoms with Crippen molar-refractivity contribution in [1.82, 2.24) is 0 Å². The quantitative estimate of drug-likeness (QED) is 0.815. The monoisotopic (exact) mass is 288 g/mol. The predicted octanol–water partition coefficient (Wildman–Crippen LogP) is 4.44. The van der Waals surface area contributed by atoms with Crippen molar-refractivity contribution in [2.75, 3.05) is 0 Å². The summed E-state index contributed by atoms with van der Waals surface area (Å²) in [5.41, 5.74) is 1.95. The average molecular weight is 288 g/mol. The van der Waals surface area contributed by atoms with Crippen LogP contribution in [0.3, 0.4) is 0 Å². The maximum atomic E-state index is 10.7. The molecule has 0 aromatic heterocycles. The minimum absolute atomic E-state index is 0.253. The Morgan fingerprint density at radius 3 is 2.86 bits per heavy atom. The van der Waals surface area contributed by atoms with E-state index in [-0.39, 0.29) is 6.10 Å². The molecule has 0 radical (unpaired) electrons. The zero-order valence-corrected chi connectivity index (χ0v) is 12.8. The van der Waals surface area contributed by atoms with Crippen molar-refractivity contribution in [2.24, 2.45) is 5.92 Å². The first-order valence-electron chi connectivity index (χ1n) is 7.78. The van der Waals surface area contributed by atoms with Gasteiger partial charge in [-0.05, 0) is 56.7 Å². The molecule has 3 heteroatoms. The molecule has 114 valence electrons. The third-order valence-electron chi connectivity index (χ3n) is 4.21. The Labute approximate surface area is 126 Å². The van der Waals surface area contributed by atoms with Crippen LogP contribution in [-0.2, 0) is 4.79 Å². The Morgan fingerprint density at radius 2 is 2.14 bits per heavy atom. The van der Waals surface area contributed by atoms with Gasteiger partial charge in [-0.25, -0.2) is 4.79 Å². The molecule has 1 aromatic carbocycles. The second kappa shape index (κ2) is 7.30. The van der Waals surface area contributed by atoms with Gasteiger partial charge in [-0.3, -0.25) is 0 Å². The number of hydrogen-bond acceptors (Lipinski definition) is 2. The highest BCUT2D eigenvalue weighted by molar-refractivity contribution is 5.86. The van der Waals surface area contributed by atoms with Crippen LogP contribution in [0, 0.1) is 12.8 Å². The lowest BCUT2D eigenvalue weighted by Crippen LogP contribution is -2.30. The molecular formula is C18H24O3. The fourth-order valence-electron chi connectivity index (χ4n) is 3.03. The van der Waals surface area contributed by atoms with Gasteiger partial charge in [0.1, 0.15) is 11.9 Å². The molecule has 0 heterocycles. The standard InChI is InChI=1S/C18H24O3/c1-3-14-6-4-5-7-16(14)21-17-10-8-13(2)12-15(17)9-11-18(19)20/h8-12,14,16H,3-7H2,1-2H3,(H,19,20). The fourth-order valence-corrected chi connectivity index (χ4v) is 3.03. The number of benzene rings is 1. The van der Waals surface area contributed by atoms with E-state index in [0.29, 0.717) is 5.92 Å². The van der Waals surface area contributed by atoms with Crippen LogP contribution < -0.4 is 4.74 Å². The molecule has 1 aliphatic carbocycles. The van der Waals surface area contributed by atoms with Gasteiger partial charge in [0.2, 0.25) is 0 Å². The number of ether oxygens (including phenoxy) is 1. The van der Waals surface area contributed by atoms with Gasteiger partial charge in [0.25, 0.3) is 0 Å². The molecule has 3 nitrogen and oxygen atoms in total. The summed E-state index contributed by atoms with van der Waals surface area (Å²) in [7, 11) is 0. The molecule has 0 amide bonds. The number of carbonyl (C=O) groups is 1. The molecule has 0 aliphatic heterocycles. The summed E-state index contributed by atoms with van der Waals surface area (Å²) in [5, 5.41) is 8.81. The average Bonchev–Trinajstić information content (AvgIpc) is 2.48. The van der Waals surface area contributed by atoms with E-state index in [0.717, 1.165) is 29.7 Å². The number of rotatable bonds is 5. The Kier molecular flexibility index (Phi) is 5.43. The lowest BCUT2D eigenvalue weighted by atomic mass is 9.84. The van der Waals surface area contributed by atoms with Crippen molar-refractivity contribution < 1.29 is 14.6 Å². The first-order chi connectivity index (χ1) is 10.1. The molecule has 21 heavy (non-hydrogen) atoms. The van der Waals surface area contributed by atoms with E-state index in [1.165, 1.54) is 25.3 Å². The highest BCUT2D eigenvalue weighted by atomic mass is 16.5. The van der Waals surface area contributed by atoms with Gasteiger partial charge in [-0.15, -0.1) is 0 Å². The molecule has 2 rings (SSSR count). The molecular weight excluding hydrogens is 264 g/mol. The smallest absolute Gasteiger partial charge is 0.328 e. The summed E-state index contributed by atoms with van der Waals surface area (Å²) >= 11 is 0. The predicted molar refractivity (Wildman–Crippen MR) is 84.5 cm³/mol. The largest absolute Gasteiger partial charge is 0.490 e. The molecule has 1 N–H and O–H groups in total. The minimum atomic E-state index is -0.938. The molecule has 1 fully saturated rings. The summed E-state index contributed by atoms with van der Waals surface area (Å²) in [6.45, 7) is 4.21. The number of carboxylic acid groups (broad SMARTS) is 1. The summed E-state index contributed by atoms with van der Waals surface area (Å²) in [5.74, 6) is 0.464. The number of aryl methyl sites for hydroxylation is 1. The third kappa shape index (κ3) is 4.35. The Morgan fingerprint density at radius 1 is 1.38 bits per heavy atom. The zero-order chi connectivity index (χ0) is 15.2. The fraction of sp³-hybridized carbons (Fsp3) is 0.500. The zero-order valence-electron chi connectivity index (χ0n) is 12.8. The van der Waals surface area contributed by atoms with Gasteiger partial charge in [0, 0.05) is 11.6 Å². The number of aliphatic carboxylic acids is 1. The minimum Gasteiger partial charge on any atom is -0.490 e. The van der Waals surface area contributed by atoms with Crippen molar-refractivity contribution in [3.05, 3.63) is 35.4 Å². The van der Waals surface area contributed by atoms with Crippen LogP contribution in [0.1, 0.15) is 50.2 Å². The summed E-state index contributed by atoms with van der Waals surface area (Å²) in [4.78, 5) is 10.7. The first-order valence-corrected chi connectivity index (χ1v) is 7.78. The van der Waals surface area contributed by atoms with Crippen LogP contribution in [-0.4, -0.2) is 17.2 Å². The third-order valence-corrected chi connectivity index (χ3v) is 4.21. The van der Waals surface area contributed by atoms with Gasteiger partial charge in [0.15, 0.2) is 0 Å². The van der Waals surface area contributed by atoms with Crippen molar-refractivity contribution in [3.8, 4) is 5.75 Å². The Hall–Kier alpha value is -1.77. The van der Waals surface area contributed by atoms with Crippen LogP contribution in [0.15, 0.2) is 24.3 Å². The van der Waals surface area contributed by atoms with E-state index in [1.807, 2.05) is 25.1 Å². The first kappa shape index (κ1) is 15.6. The molecule has 1 aromatic rings. The lowest BCUT2D eigenvalue weighted by Gasteiger charge is -2.31. The molecule has 1 saturated carbocycles. The van der Waals surface area contributed by atoms with Crippen molar-refractivity contribution in [1.29, 1.82) is 0 Å². The molecule has 2 unspecified atom stereocenters. The number of carboxylic acids is 1. The van der Waals surface area contributed by atoms with Gasteiger partial charge >= 0.3 is 5.97 Å². The van der Waals surface area contributed by atoms with Gasteiger partial charge < -0.3 is 9.84 Å². The highest BCUT2D eigenvalue weighted by Crippen LogP contribution is 2.32. The van der Waals surface area contributed by atoms with E-state index in [9.17, 15) is 4.79 Å². The van der Waals surface area contributed by atoms with E-state index in [4.69, 9.17) is 9.84 Å². The van der Waals surface area contributed by atoms with Crippen molar-refractivity contribution in [3.63, 3.8) is 0 Å². The van der Waals surface area contributed by atoms with Gasteiger partial charge in [-0.1, -0.05) is 25.0 Å². The normalized spacial score (nSPS) is 22.4. The maximum Gasteiger partial charge on any atom is 0.328 e. The van der Waals surface area contributed by atoms with Crippen LogP contribution in [0.2, 0.25) is 0 Å².